The maximum Gasteiger partial charge on any atom is 0.140 e. The first-order valence-electron chi connectivity index (χ1n) is 5.36. The zero-order chi connectivity index (χ0) is 11.6. The first-order chi connectivity index (χ1) is 7.86. The van der Waals surface area contributed by atoms with Crippen LogP contribution in [0.2, 0.25) is 0 Å². The SMILES string of the molecule is C#CCCCCNCc1ccnc(C#N)c1. The molecule has 1 aromatic rings. The molecule has 0 spiro atoms. The van der Waals surface area contributed by atoms with Gasteiger partial charge in [-0.05, 0) is 37.1 Å². The third-order valence-corrected chi connectivity index (χ3v) is 2.19. The minimum absolute atomic E-state index is 0.464. The predicted molar refractivity (Wildman–Crippen MR) is 63.3 cm³/mol. The lowest BCUT2D eigenvalue weighted by molar-refractivity contribution is 0.629. The molecule has 0 aliphatic heterocycles. The van der Waals surface area contributed by atoms with Crippen molar-refractivity contribution in [2.24, 2.45) is 0 Å². The predicted octanol–water partition coefficient (Wildman–Crippen LogP) is 1.85. The molecule has 1 heterocycles. The van der Waals surface area contributed by atoms with Crippen LogP contribution in [0.15, 0.2) is 18.3 Å². The van der Waals surface area contributed by atoms with E-state index in [4.69, 9.17) is 11.7 Å². The van der Waals surface area contributed by atoms with Crippen LogP contribution in [-0.2, 0) is 6.54 Å². The van der Waals surface area contributed by atoms with Crippen molar-refractivity contribution in [2.75, 3.05) is 6.54 Å². The van der Waals surface area contributed by atoms with Gasteiger partial charge in [0.25, 0.3) is 0 Å². The molecular formula is C13H15N3. The Bertz CT molecular complexity index is 398. The third kappa shape index (κ3) is 4.59. The Balaban J connectivity index is 2.22. The fraction of sp³-hybridized carbons (Fsp3) is 0.385. The Labute approximate surface area is 96.5 Å². The molecule has 0 aromatic carbocycles. The summed E-state index contributed by atoms with van der Waals surface area (Å²) in [5, 5.41) is 12.0. The number of nitriles is 1. The normalized spacial score (nSPS) is 9.38. The Morgan fingerprint density at radius 1 is 1.44 bits per heavy atom. The Hall–Kier alpha value is -1.84. The van der Waals surface area contributed by atoms with Gasteiger partial charge in [-0.3, -0.25) is 0 Å². The van der Waals surface area contributed by atoms with E-state index in [1.807, 2.05) is 12.1 Å². The smallest absolute Gasteiger partial charge is 0.140 e. The summed E-state index contributed by atoms with van der Waals surface area (Å²) in [5.74, 6) is 2.62. The van der Waals surface area contributed by atoms with Crippen molar-refractivity contribution >= 4 is 0 Å². The first kappa shape index (κ1) is 12.2. The van der Waals surface area contributed by atoms with Crippen LogP contribution in [0.25, 0.3) is 0 Å². The van der Waals surface area contributed by atoms with Crippen molar-refractivity contribution < 1.29 is 0 Å². The number of hydrogen-bond donors (Lipinski definition) is 1. The quantitative estimate of drug-likeness (QED) is 0.579. The van der Waals surface area contributed by atoms with E-state index in [2.05, 4.69) is 16.2 Å². The molecule has 0 saturated heterocycles. The Morgan fingerprint density at radius 3 is 3.06 bits per heavy atom. The van der Waals surface area contributed by atoms with Gasteiger partial charge in [-0.25, -0.2) is 4.98 Å². The summed E-state index contributed by atoms with van der Waals surface area (Å²) in [6, 6.07) is 5.74. The molecule has 3 nitrogen and oxygen atoms in total. The van der Waals surface area contributed by atoms with Gasteiger partial charge in [-0.2, -0.15) is 5.26 Å². The average Bonchev–Trinajstić information content (AvgIpc) is 2.34. The highest BCUT2D eigenvalue weighted by Crippen LogP contribution is 2.00. The number of unbranched alkanes of at least 4 members (excludes halogenated alkanes) is 2. The number of aromatic nitrogens is 1. The number of rotatable bonds is 6. The van der Waals surface area contributed by atoms with E-state index in [-0.39, 0.29) is 0 Å². The van der Waals surface area contributed by atoms with E-state index in [1.54, 1.807) is 12.3 Å². The largest absolute Gasteiger partial charge is 0.313 e. The monoisotopic (exact) mass is 213 g/mol. The molecule has 0 atom stereocenters. The van der Waals surface area contributed by atoms with Crippen LogP contribution in [0, 0.1) is 23.7 Å². The highest BCUT2D eigenvalue weighted by atomic mass is 14.8. The molecule has 0 fully saturated rings. The molecule has 0 bridgehead atoms. The molecule has 82 valence electrons. The van der Waals surface area contributed by atoms with E-state index in [1.165, 1.54) is 0 Å². The molecule has 0 amide bonds. The molecule has 0 unspecified atom stereocenters. The van der Waals surface area contributed by atoms with Gasteiger partial charge >= 0.3 is 0 Å². The summed E-state index contributed by atoms with van der Waals surface area (Å²) in [6.07, 6.45) is 9.80. The topological polar surface area (TPSA) is 48.7 Å². The van der Waals surface area contributed by atoms with Crippen LogP contribution in [0.1, 0.15) is 30.5 Å². The molecule has 0 aliphatic carbocycles. The molecule has 1 N–H and O–H groups in total. The molecule has 16 heavy (non-hydrogen) atoms. The zero-order valence-electron chi connectivity index (χ0n) is 9.24. The molecule has 0 radical (unpaired) electrons. The second-order valence-corrected chi connectivity index (χ2v) is 3.50. The van der Waals surface area contributed by atoms with Crippen molar-refractivity contribution in [1.82, 2.24) is 10.3 Å². The number of pyridine rings is 1. The molecular weight excluding hydrogens is 198 g/mol. The van der Waals surface area contributed by atoms with Crippen LogP contribution in [0.5, 0.6) is 0 Å². The van der Waals surface area contributed by atoms with E-state index in [0.717, 1.165) is 37.9 Å². The molecule has 3 heteroatoms. The molecule has 0 saturated carbocycles. The van der Waals surface area contributed by atoms with Gasteiger partial charge in [0.05, 0.1) is 0 Å². The Kier molecular flexibility index (Phi) is 5.70. The summed E-state index contributed by atoms with van der Waals surface area (Å²) in [7, 11) is 0. The highest BCUT2D eigenvalue weighted by Gasteiger charge is 1.95. The van der Waals surface area contributed by atoms with E-state index in [9.17, 15) is 0 Å². The van der Waals surface area contributed by atoms with Crippen LogP contribution in [-0.4, -0.2) is 11.5 Å². The fourth-order valence-corrected chi connectivity index (χ4v) is 1.36. The summed E-state index contributed by atoms with van der Waals surface area (Å²) >= 11 is 0. The minimum atomic E-state index is 0.464. The summed E-state index contributed by atoms with van der Waals surface area (Å²) < 4.78 is 0. The van der Waals surface area contributed by atoms with E-state index in [0.29, 0.717) is 5.69 Å². The lowest BCUT2D eigenvalue weighted by Crippen LogP contribution is -2.14. The van der Waals surface area contributed by atoms with Crippen molar-refractivity contribution in [2.45, 2.75) is 25.8 Å². The van der Waals surface area contributed by atoms with Crippen molar-refractivity contribution in [3.63, 3.8) is 0 Å². The highest BCUT2D eigenvalue weighted by molar-refractivity contribution is 5.25. The zero-order valence-corrected chi connectivity index (χ0v) is 9.24. The summed E-state index contributed by atoms with van der Waals surface area (Å²) in [6.45, 7) is 1.72. The van der Waals surface area contributed by atoms with Crippen LogP contribution >= 0.6 is 0 Å². The van der Waals surface area contributed by atoms with Gasteiger partial charge in [-0.15, -0.1) is 12.3 Å². The standard InChI is InChI=1S/C13H15N3/c1-2-3-4-5-7-15-11-12-6-8-16-13(9-12)10-14/h1,6,8-9,15H,3-5,7,11H2. The number of hydrogen-bond acceptors (Lipinski definition) is 3. The molecule has 1 aromatic heterocycles. The van der Waals surface area contributed by atoms with Crippen LogP contribution in [0.3, 0.4) is 0 Å². The van der Waals surface area contributed by atoms with Gasteiger partial charge in [0.2, 0.25) is 0 Å². The van der Waals surface area contributed by atoms with Crippen LogP contribution < -0.4 is 5.32 Å². The molecule has 0 aliphatic rings. The number of nitrogens with one attached hydrogen (secondary N) is 1. The minimum Gasteiger partial charge on any atom is -0.313 e. The van der Waals surface area contributed by atoms with Crippen molar-refractivity contribution in [3.8, 4) is 18.4 Å². The Morgan fingerprint density at radius 2 is 2.31 bits per heavy atom. The van der Waals surface area contributed by atoms with Crippen molar-refractivity contribution in [1.29, 1.82) is 5.26 Å². The number of terminal acetylenes is 1. The molecule has 1 rings (SSSR count). The van der Waals surface area contributed by atoms with Crippen LogP contribution in [0.4, 0.5) is 0 Å². The summed E-state index contributed by atoms with van der Waals surface area (Å²) in [5.41, 5.74) is 1.55. The number of nitrogens with zero attached hydrogens (tertiary/aromatic N) is 2. The van der Waals surface area contributed by atoms with E-state index >= 15 is 0 Å². The average molecular weight is 213 g/mol. The second-order valence-electron chi connectivity index (χ2n) is 3.50. The maximum atomic E-state index is 8.68. The lowest BCUT2D eigenvalue weighted by atomic mass is 10.2. The van der Waals surface area contributed by atoms with Crippen molar-refractivity contribution in [3.05, 3.63) is 29.6 Å². The fourth-order valence-electron chi connectivity index (χ4n) is 1.36. The van der Waals surface area contributed by atoms with Gasteiger partial charge in [-0.1, -0.05) is 0 Å². The first-order valence-corrected chi connectivity index (χ1v) is 5.36. The van der Waals surface area contributed by atoms with Gasteiger partial charge in [0, 0.05) is 19.2 Å². The van der Waals surface area contributed by atoms with Gasteiger partial charge in [0.1, 0.15) is 11.8 Å². The van der Waals surface area contributed by atoms with Gasteiger partial charge in [0.15, 0.2) is 0 Å². The lowest BCUT2D eigenvalue weighted by Gasteiger charge is -2.03. The van der Waals surface area contributed by atoms with E-state index < -0.39 is 0 Å². The maximum absolute atomic E-state index is 8.68. The third-order valence-electron chi connectivity index (χ3n) is 2.19. The second kappa shape index (κ2) is 7.45. The summed E-state index contributed by atoms with van der Waals surface area (Å²) in [4.78, 5) is 3.92. The van der Waals surface area contributed by atoms with Gasteiger partial charge < -0.3 is 5.32 Å².